The van der Waals surface area contributed by atoms with Gasteiger partial charge >= 0.3 is 17.9 Å². The lowest BCUT2D eigenvalue weighted by Gasteiger charge is -2.33. The molecule has 0 aromatic heterocycles. The van der Waals surface area contributed by atoms with Gasteiger partial charge in [0.15, 0.2) is 12.2 Å². The van der Waals surface area contributed by atoms with Crippen molar-refractivity contribution in [3.05, 3.63) is 36.0 Å². The van der Waals surface area contributed by atoms with Gasteiger partial charge in [-0.3, -0.25) is 9.59 Å². The molecule has 0 bridgehead atoms. The molecule has 0 radical (unpaired) electrons. The van der Waals surface area contributed by atoms with Gasteiger partial charge in [0.25, 0.3) is 0 Å². The van der Waals surface area contributed by atoms with Crippen molar-refractivity contribution in [2.24, 2.45) is 5.92 Å². The Hall–Kier alpha value is -2.74. The number of carbonyl (C=O) groups is 4. The second-order valence-electron chi connectivity index (χ2n) is 7.81. The number of allylic oxidation sites excluding steroid dienone is 1. The molecule has 29 heavy (non-hydrogen) atoms. The third kappa shape index (κ3) is 3.89. The van der Waals surface area contributed by atoms with Gasteiger partial charge in [0.1, 0.15) is 18.5 Å². The van der Waals surface area contributed by atoms with Crippen LogP contribution in [0.2, 0.25) is 0 Å². The van der Waals surface area contributed by atoms with E-state index in [9.17, 15) is 19.2 Å². The molecule has 2 heterocycles. The van der Waals surface area contributed by atoms with E-state index in [1.54, 1.807) is 6.08 Å². The molecular formula is C21H24O8. The van der Waals surface area contributed by atoms with E-state index in [4.69, 9.17) is 18.9 Å². The number of hydrogen-bond acceptors (Lipinski definition) is 8. The maximum atomic E-state index is 12.4. The van der Waals surface area contributed by atoms with Gasteiger partial charge < -0.3 is 18.9 Å². The van der Waals surface area contributed by atoms with Gasteiger partial charge in [-0.05, 0) is 26.7 Å². The Kier molecular flexibility index (Phi) is 5.49. The normalized spacial score (nSPS) is 37.8. The zero-order valence-corrected chi connectivity index (χ0v) is 16.6. The number of esters is 3. The van der Waals surface area contributed by atoms with Crippen molar-refractivity contribution in [3.8, 4) is 0 Å². The van der Waals surface area contributed by atoms with Crippen LogP contribution in [0.15, 0.2) is 36.0 Å². The summed E-state index contributed by atoms with van der Waals surface area (Å²) in [5, 5.41) is 0. The molecule has 2 fully saturated rings. The standard InChI is InChI=1S/C21H24O8/c1-10(2)19(24)27-16-14-11(3)20(25)28-17(14)18-21(5,29-18)8-6-7-13(9-22)15(16)26-12(4)23/h7,9,14-18H,1,3,6,8H2,2,4-5H3/b13-7-/t14-,15-,16+,17+,18+,21-/m1/s1. The van der Waals surface area contributed by atoms with Crippen molar-refractivity contribution in [2.45, 2.75) is 63.6 Å². The van der Waals surface area contributed by atoms with Crippen LogP contribution in [0, 0.1) is 5.92 Å². The van der Waals surface area contributed by atoms with Gasteiger partial charge in [-0.1, -0.05) is 19.2 Å². The molecule has 0 aromatic rings. The highest BCUT2D eigenvalue weighted by Crippen LogP contribution is 2.50. The van der Waals surface area contributed by atoms with E-state index < -0.39 is 53.8 Å². The first kappa shape index (κ1) is 21.0. The predicted octanol–water partition coefficient (Wildman–Crippen LogP) is 1.58. The summed E-state index contributed by atoms with van der Waals surface area (Å²) in [5.41, 5.74) is -0.237. The first-order valence-electron chi connectivity index (χ1n) is 9.35. The molecule has 0 saturated carbocycles. The lowest BCUT2D eigenvalue weighted by molar-refractivity contribution is -0.167. The van der Waals surface area contributed by atoms with Gasteiger partial charge in [-0.25, -0.2) is 9.59 Å². The lowest BCUT2D eigenvalue weighted by Crippen LogP contribution is -2.47. The van der Waals surface area contributed by atoms with Crippen LogP contribution >= 0.6 is 0 Å². The Bertz CT molecular complexity index is 825. The quantitative estimate of drug-likeness (QED) is 0.228. The Balaban J connectivity index is 2.12. The van der Waals surface area contributed by atoms with E-state index in [-0.39, 0.29) is 16.7 Å². The number of epoxide rings is 1. The average Bonchev–Trinajstić information content (AvgIpc) is 3.22. The molecule has 2 saturated heterocycles. The number of fused-ring (bicyclic) bond motifs is 3. The summed E-state index contributed by atoms with van der Waals surface area (Å²) in [7, 11) is 0. The fourth-order valence-electron chi connectivity index (χ4n) is 3.92. The molecule has 2 aliphatic heterocycles. The van der Waals surface area contributed by atoms with Crippen LogP contribution in [0.5, 0.6) is 0 Å². The summed E-state index contributed by atoms with van der Waals surface area (Å²) < 4.78 is 22.3. The smallest absolute Gasteiger partial charge is 0.334 e. The molecule has 8 heteroatoms. The summed E-state index contributed by atoms with van der Waals surface area (Å²) >= 11 is 0. The second kappa shape index (κ2) is 7.59. The van der Waals surface area contributed by atoms with Crippen molar-refractivity contribution in [2.75, 3.05) is 0 Å². The van der Waals surface area contributed by atoms with E-state index >= 15 is 0 Å². The van der Waals surface area contributed by atoms with Gasteiger partial charge in [-0.2, -0.15) is 0 Å². The maximum Gasteiger partial charge on any atom is 0.334 e. The van der Waals surface area contributed by atoms with Crippen molar-refractivity contribution in [3.63, 3.8) is 0 Å². The second-order valence-corrected chi connectivity index (χ2v) is 7.81. The van der Waals surface area contributed by atoms with Crippen molar-refractivity contribution >= 4 is 24.2 Å². The Labute approximate surface area is 168 Å². The van der Waals surface area contributed by atoms with E-state index in [2.05, 4.69) is 13.2 Å². The summed E-state index contributed by atoms with van der Waals surface area (Å²) in [6.45, 7) is 11.9. The highest BCUT2D eigenvalue weighted by atomic mass is 16.7. The number of rotatable bonds is 4. The molecule has 0 aromatic carbocycles. The van der Waals surface area contributed by atoms with E-state index in [1.165, 1.54) is 13.8 Å². The highest BCUT2D eigenvalue weighted by molar-refractivity contribution is 5.92. The zero-order chi connectivity index (χ0) is 21.5. The summed E-state index contributed by atoms with van der Waals surface area (Å²) in [4.78, 5) is 48.3. The Morgan fingerprint density at radius 3 is 2.59 bits per heavy atom. The summed E-state index contributed by atoms with van der Waals surface area (Å²) in [5.74, 6) is -2.92. The molecule has 156 valence electrons. The molecule has 0 spiro atoms. The molecule has 8 nitrogen and oxygen atoms in total. The predicted molar refractivity (Wildman–Crippen MR) is 99.4 cm³/mol. The largest absolute Gasteiger partial charge is 0.455 e. The van der Waals surface area contributed by atoms with Crippen molar-refractivity contribution < 1.29 is 38.1 Å². The third-order valence-corrected chi connectivity index (χ3v) is 5.52. The third-order valence-electron chi connectivity index (χ3n) is 5.52. The molecule has 3 aliphatic rings. The topological polar surface area (TPSA) is 109 Å². The molecular weight excluding hydrogens is 380 g/mol. The van der Waals surface area contributed by atoms with Crippen LogP contribution in [-0.2, 0) is 38.1 Å². The maximum absolute atomic E-state index is 12.4. The van der Waals surface area contributed by atoms with Crippen molar-refractivity contribution in [1.29, 1.82) is 0 Å². The SMILES string of the molecule is C=C(C)C(=O)O[C@H]1[C@H]2C(=C)C(=O)O[C@@H]2[C@@H]2O[C@]2(C)CC/C=C(/C=O)[C@H]1OC(C)=O. The van der Waals surface area contributed by atoms with E-state index in [0.29, 0.717) is 19.1 Å². The minimum absolute atomic E-state index is 0.0651. The lowest BCUT2D eigenvalue weighted by atomic mass is 9.80. The van der Waals surface area contributed by atoms with Crippen LogP contribution in [0.25, 0.3) is 0 Å². The molecule has 3 rings (SSSR count). The first-order valence-corrected chi connectivity index (χ1v) is 9.35. The first-order chi connectivity index (χ1) is 13.6. The van der Waals surface area contributed by atoms with Gasteiger partial charge in [0.2, 0.25) is 0 Å². The van der Waals surface area contributed by atoms with Gasteiger partial charge in [0.05, 0.1) is 11.5 Å². The number of hydrogen-bond donors (Lipinski definition) is 0. The molecule has 0 unspecified atom stereocenters. The minimum atomic E-state index is -1.23. The monoisotopic (exact) mass is 404 g/mol. The summed E-state index contributed by atoms with van der Waals surface area (Å²) in [6, 6.07) is 0. The fourth-order valence-corrected chi connectivity index (χ4v) is 3.92. The molecule has 1 aliphatic carbocycles. The number of carbonyl (C=O) groups excluding carboxylic acids is 4. The van der Waals surface area contributed by atoms with E-state index in [0.717, 1.165) is 0 Å². The number of aldehydes is 1. The molecule has 0 amide bonds. The number of ether oxygens (including phenoxy) is 4. The van der Waals surface area contributed by atoms with Crippen LogP contribution in [0.3, 0.4) is 0 Å². The van der Waals surface area contributed by atoms with Gasteiger partial charge in [-0.15, -0.1) is 0 Å². The van der Waals surface area contributed by atoms with Crippen LogP contribution in [0.4, 0.5) is 0 Å². The average molecular weight is 404 g/mol. The Morgan fingerprint density at radius 1 is 1.31 bits per heavy atom. The minimum Gasteiger partial charge on any atom is -0.455 e. The van der Waals surface area contributed by atoms with Crippen molar-refractivity contribution in [1.82, 2.24) is 0 Å². The van der Waals surface area contributed by atoms with Crippen LogP contribution in [-0.4, -0.2) is 54.2 Å². The molecule has 6 atom stereocenters. The summed E-state index contributed by atoms with van der Waals surface area (Å²) in [6.07, 6.45) is -0.424. The van der Waals surface area contributed by atoms with Crippen LogP contribution in [0.1, 0.15) is 33.6 Å². The van der Waals surface area contributed by atoms with E-state index in [1.807, 2.05) is 6.92 Å². The van der Waals surface area contributed by atoms with Crippen LogP contribution < -0.4 is 0 Å². The zero-order valence-electron chi connectivity index (χ0n) is 16.6. The van der Waals surface area contributed by atoms with Gasteiger partial charge in [0, 0.05) is 23.6 Å². The Morgan fingerprint density at radius 2 is 2.00 bits per heavy atom. The highest BCUT2D eigenvalue weighted by Gasteiger charge is 2.64. The molecule has 0 N–H and O–H groups in total. The fraction of sp³-hybridized carbons (Fsp3) is 0.524.